The summed E-state index contributed by atoms with van der Waals surface area (Å²) >= 11 is 5.97. The Hall–Kier alpha value is -2.34. The fourth-order valence-corrected chi connectivity index (χ4v) is 1.58. The number of benzene rings is 1. The average Bonchev–Trinajstić information content (AvgIpc) is 2.32. The average molecular weight is 265 g/mol. The maximum absolute atomic E-state index is 10.6. The van der Waals surface area contributed by atoms with Crippen LogP contribution < -0.4 is 11.1 Å². The van der Waals surface area contributed by atoms with E-state index in [1.165, 1.54) is 12.1 Å². The van der Waals surface area contributed by atoms with Crippen molar-refractivity contribution in [3.8, 4) is 0 Å². The number of rotatable bonds is 3. The van der Waals surface area contributed by atoms with Gasteiger partial charge in [0.1, 0.15) is 5.82 Å². The summed E-state index contributed by atoms with van der Waals surface area (Å²) in [7, 11) is 0. The van der Waals surface area contributed by atoms with E-state index in [9.17, 15) is 10.1 Å². The van der Waals surface area contributed by atoms with Crippen LogP contribution in [-0.2, 0) is 0 Å². The molecule has 0 saturated carbocycles. The smallest absolute Gasteiger partial charge is 0.311 e. The number of aromatic nitrogens is 1. The molecule has 0 saturated heterocycles. The van der Waals surface area contributed by atoms with Crippen molar-refractivity contribution >= 4 is 34.6 Å². The Balaban J connectivity index is 2.29. The molecule has 0 aliphatic heterocycles. The molecule has 0 aliphatic carbocycles. The van der Waals surface area contributed by atoms with Gasteiger partial charge in [0.25, 0.3) is 0 Å². The van der Waals surface area contributed by atoms with Crippen molar-refractivity contribution in [2.75, 3.05) is 11.1 Å². The van der Waals surface area contributed by atoms with Crippen molar-refractivity contribution in [2.45, 2.75) is 0 Å². The molecule has 7 heteroatoms. The van der Waals surface area contributed by atoms with Crippen molar-refractivity contribution in [1.29, 1.82) is 0 Å². The standard InChI is InChI=1S/C11H9ClN4O2/c12-7-3-1-2-4-8(7)14-10-6-5-9(16(17)18)11(13)15-10/h1-6H,(H3,13,14,15). The molecule has 0 atom stereocenters. The number of hydrogen-bond donors (Lipinski definition) is 2. The fraction of sp³-hybridized carbons (Fsp3) is 0. The van der Waals surface area contributed by atoms with Gasteiger partial charge in [-0.15, -0.1) is 0 Å². The quantitative estimate of drug-likeness (QED) is 0.656. The molecule has 2 rings (SSSR count). The van der Waals surface area contributed by atoms with E-state index in [2.05, 4.69) is 10.3 Å². The molecule has 1 aromatic heterocycles. The number of halogens is 1. The van der Waals surface area contributed by atoms with Crippen molar-refractivity contribution in [2.24, 2.45) is 0 Å². The lowest BCUT2D eigenvalue weighted by atomic mass is 10.3. The number of pyridine rings is 1. The van der Waals surface area contributed by atoms with Crippen LogP contribution in [0.5, 0.6) is 0 Å². The molecule has 0 bridgehead atoms. The van der Waals surface area contributed by atoms with Crippen molar-refractivity contribution < 1.29 is 4.92 Å². The Labute approximate surface area is 108 Å². The molecule has 0 fully saturated rings. The second-order valence-corrected chi connectivity index (χ2v) is 3.87. The van der Waals surface area contributed by atoms with Crippen LogP contribution in [0.2, 0.25) is 5.02 Å². The SMILES string of the molecule is Nc1nc(Nc2ccccc2Cl)ccc1[N+](=O)[O-]. The number of anilines is 3. The van der Waals surface area contributed by atoms with Gasteiger partial charge >= 0.3 is 5.69 Å². The number of hydrogen-bond acceptors (Lipinski definition) is 5. The lowest BCUT2D eigenvalue weighted by Crippen LogP contribution is -2.01. The number of nitrogens with one attached hydrogen (secondary N) is 1. The van der Waals surface area contributed by atoms with Crippen molar-refractivity contribution in [3.63, 3.8) is 0 Å². The molecule has 0 unspecified atom stereocenters. The molecule has 0 spiro atoms. The molecule has 18 heavy (non-hydrogen) atoms. The molecule has 1 heterocycles. The van der Waals surface area contributed by atoms with Gasteiger partial charge in [-0.3, -0.25) is 10.1 Å². The van der Waals surface area contributed by atoms with E-state index < -0.39 is 4.92 Å². The lowest BCUT2D eigenvalue weighted by Gasteiger charge is -2.07. The summed E-state index contributed by atoms with van der Waals surface area (Å²) in [6.07, 6.45) is 0. The number of nitrogens with two attached hydrogens (primary N) is 1. The highest BCUT2D eigenvalue weighted by Crippen LogP contribution is 2.26. The summed E-state index contributed by atoms with van der Waals surface area (Å²) in [5.74, 6) is 0.253. The maximum Gasteiger partial charge on any atom is 0.311 e. The van der Waals surface area contributed by atoms with Crippen LogP contribution in [0.15, 0.2) is 36.4 Å². The van der Waals surface area contributed by atoms with Gasteiger partial charge < -0.3 is 11.1 Å². The Bertz CT molecular complexity index is 603. The third-order valence-electron chi connectivity index (χ3n) is 2.24. The van der Waals surface area contributed by atoms with E-state index >= 15 is 0 Å². The van der Waals surface area contributed by atoms with Gasteiger partial charge in [-0.1, -0.05) is 23.7 Å². The minimum atomic E-state index is -0.582. The second-order valence-electron chi connectivity index (χ2n) is 3.46. The number of nitrogens with zero attached hydrogens (tertiary/aromatic N) is 2. The Morgan fingerprint density at radius 2 is 2.00 bits per heavy atom. The first kappa shape index (κ1) is 12.1. The molecule has 0 aliphatic rings. The van der Waals surface area contributed by atoms with Gasteiger partial charge in [0.05, 0.1) is 15.6 Å². The second kappa shape index (κ2) is 4.89. The number of nitro groups is 1. The first-order valence-electron chi connectivity index (χ1n) is 5.00. The van der Waals surface area contributed by atoms with Crippen molar-refractivity contribution in [1.82, 2.24) is 4.98 Å². The summed E-state index contributed by atoms with van der Waals surface area (Å²) in [5, 5.41) is 14.0. The fourth-order valence-electron chi connectivity index (χ4n) is 1.39. The molecule has 0 amide bonds. The van der Waals surface area contributed by atoms with E-state index in [1.807, 2.05) is 6.07 Å². The Kier molecular flexibility index (Phi) is 3.29. The van der Waals surface area contributed by atoms with Crippen LogP contribution in [0.3, 0.4) is 0 Å². The van der Waals surface area contributed by atoms with Gasteiger partial charge in [-0.25, -0.2) is 4.98 Å². The zero-order chi connectivity index (χ0) is 13.1. The van der Waals surface area contributed by atoms with Crippen LogP contribution in [0, 0.1) is 10.1 Å². The Morgan fingerprint density at radius 3 is 2.61 bits per heavy atom. The summed E-state index contributed by atoms with van der Waals surface area (Å²) in [6.45, 7) is 0. The summed E-state index contributed by atoms with van der Waals surface area (Å²) < 4.78 is 0. The molecule has 3 N–H and O–H groups in total. The summed E-state index contributed by atoms with van der Waals surface area (Å²) in [5.41, 5.74) is 5.92. The third-order valence-corrected chi connectivity index (χ3v) is 2.57. The maximum atomic E-state index is 10.6. The predicted molar refractivity (Wildman–Crippen MR) is 70.0 cm³/mol. The van der Waals surface area contributed by atoms with Crippen molar-refractivity contribution in [3.05, 3.63) is 51.5 Å². The molecule has 6 nitrogen and oxygen atoms in total. The van der Waals surface area contributed by atoms with E-state index in [0.29, 0.717) is 16.5 Å². The lowest BCUT2D eigenvalue weighted by molar-refractivity contribution is -0.384. The minimum absolute atomic E-state index is 0.142. The van der Waals surface area contributed by atoms with E-state index in [4.69, 9.17) is 17.3 Å². The molecular formula is C11H9ClN4O2. The highest BCUT2D eigenvalue weighted by Gasteiger charge is 2.13. The van der Waals surface area contributed by atoms with Gasteiger partial charge in [-0.05, 0) is 18.2 Å². The molecular weight excluding hydrogens is 256 g/mol. The zero-order valence-electron chi connectivity index (χ0n) is 9.13. The molecule has 0 radical (unpaired) electrons. The van der Waals surface area contributed by atoms with Crippen LogP contribution in [0.4, 0.5) is 23.0 Å². The molecule has 1 aromatic carbocycles. The first-order chi connectivity index (χ1) is 8.58. The molecule has 92 valence electrons. The summed E-state index contributed by atoms with van der Waals surface area (Å²) in [4.78, 5) is 13.9. The molecule has 2 aromatic rings. The Morgan fingerprint density at radius 1 is 1.28 bits per heavy atom. The minimum Gasteiger partial charge on any atom is -0.378 e. The van der Waals surface area contributed by atoms with E-state index in [1.54, 1.807) is 18.2 Å². The largest absolute Gasteiger partial charge is 0.378 e. The highest BCUT2D eigenvalue weighted by atomic mass is 35.5. The normalized spacial score (nSPS) is 10.1. The van der Waals surface area contributed by atoms with Crippen LogP contribution in [0.25, 0.3) is 0 Å². The summed E-state index contributed by atoms with van der Waals surface area (Å²) in [6, 6.07) is 9.85. The van der Waals surface area contributed by atoms with Crippen LogP contribution >= 0.6 is 11.6 Å². The van der Waals surface area contributed by atoms with Gasteiger partial charge in [-0.2, -0.15) is 0 Å². The topological polar surface area (TPSA) is 94.1 Å². The first-order valence-corrected chi connectivity index (χ1v) is 5.38. The monoisotopic (exact) mass is 264 g/mol. The van der Waals surface area contributed by atoms with Crippen LogP contribution in [-0.4, -0.2) is 9.91 Å². The third kappa shape index (κ3) is 2.49. The van der Waals surface area contributed by atoms with Gasteiger partial charge in [0.2, 0.25) is 5.82 Å². The van der Waals surface area contributed by atoms with Crippen LogP contribution in [0.1, 0.15) is 0 Å². The van der Waals surface area contributed by atoms with Gasteiger partial charge in [0, 0.05) is 6.07 Å². The number of nitrogen functional groups attached to an aromatic ring is 1. The highest BCUT2D eigenvalue weighted by molar-refractivity contribution is 6.33. The van der Waals surface area contributed by atoms with E-state index in [0.717, 1.165) is 0 Å². The zero-order valence-corrected chi connectivity index (χ0v) is 9.89. The predicted octanol–water partition coefficient (Wildman–Crippen LogP) is 2.97. The van der Waals surface area contributed by atoms with E-state index in [-0.39, 0.29) is 11.5 Å². The van der Waals surface area contributed by atoms with Gasteiger partial charge in [0.15, 0.2) is 0 Å². The number of para-hydroxylation sites is 1.